The third kappa shape index (κ3) is 1.58. The molecule has 2 heteroatoms. The largest absolute Gasteiger partial charge is 0.289 e. The fourth-order valence-corrected chi connectivity index (χ4v) is 2.15. The van der Waals surface area contributed by atoms with Crippen molar-refractivity contribution in [3.8, 4) is 0 Å². The molecule has 1 aromatic rings. The van der Waals surface area contributed by atoms with Gasteiger partial charge in [0.25, 0.3) is 0 Å². The molecule has 0 N–H and O–H groups in total. The summed E-state index contributed by atoms with van der Waals surface area (Å²) in [5.74, 6) is 0.785. The molecule has 12 heavy (non-hydrogen) atoms. The molecular formula is C10H13NS. The average Bonchev–Trinajstić information content (AvgIpc) is 2.58. The zero-order valence-electron chi connectivity index (χ0n) is 7.29. The van der Waals surface area contributed by atoms with Crippen molar-refractivity contribution in [3.05, 3.63) is 22.4 Å². The van der Waals surface area contributed by atoms with Crippen LogP contribution in [0.25, 0.3) is 0 Å². The van der Waals surface area contributed by atoms with E-state index in [0.29, 0.717) is 0 Å². The van der Waals surface area contributed by atoms with E-state index < -0.39 is 0 Å². The van der Waals surface area contributed by atoms with Crippen LogP contribution < -0.4 is 0 Å². The lowest BCUT2D eigenvalue weighted by atomic mass is 9.97. The topological polar surface area (TPSA) is 12.4 Å². The van der Waals surface area contributed by atoms with Crippen molar-refractivity contribution in [2.24, 2.45) is 10.9 Å². The molecule has 0 bridgehead atoms. The Kier molecular flexibility index (Phi) is 2.26. The Morgan fingerprint density at radius 2 is 2.50 bits per heavy atom. The van der Waals surface area contributed by atoms with E-state index in [1.54, 1.807) is 11.3 Å². The summed E-state index contributed by atoms with van der Waals surface area (Å²) in [5, 5.41) is 4.31. The quantitative estimate of drug-likeness (QED) is 0.628. The van der Waals surface area contributed by atoms with Gasteiger partial charge in [-0.3, -0.25) is 4.99 Å². The molecule has 0 radical (unpaired) electrons. The molecule has 64 valence electrons. The van der Waals surface area contributed by atoms with E-state index in [-0.39, 0.29) is 0 Å². The summed E-state index contributed by atoms with van der Waals surface area (Å²) in [6.45, 7) is 3.29. The highest BCUT2D eigenvalue weighted by atomic mass is 32.1. The van der Waals surface area contributed by atoms with E-state index in [1.165, 1.54) is 17.7 Å². The Balaban J connectivity index is 2.16. The molecular weight excluding hydrogens is 166 g/mol. The molecule has 0 amide bonds. The van der Waals surface area contributed by atoms with E-state index >= 15 is 0 Å². The van der Waals surface area contributed by atoms with Crippen LogP contribution >= 0.6 is 11.3 Å². The Hall–Kier alpha value is -0.630. The number of nitrogens with zero attached hydrogens (tertiary/aromatic N) is 1. The highest BCUT2D eigenvalue weighted by Crippen LogP contribution is 2.18. The van der Waals surface area contributed by atoms with Gasteiger partial charge in [-0.15, -0.1) is 0 Å². The van der Waals surface area contributed by atoms with Crippen LogP contribution in [-0.2, 0) is 0 Å². The first kappa shape index (κ1) is 7.99. The summed E-state index contributed by atoms with van der Waals surface area (Å²) in [6.07, 6.45) is 2.46. The minimum atomic E-state index is 0.785. The molecule has 0 saturated heterocycles. The third-order valence-electron chi connectivity index (χ3n) is 2.32. The first-order valence-corrected chi connectivity index (χ1v) is 5.36. The van der Waals surface area contributed by atoms with Crippen LogP contribution in [0.2, 0.25) is 0 Å². The monoisotopic (exact) mass is 179 g/mol. The molecule has 0 saturated carbocycles. The Morgan fingerprint density at radius 3 is 3.08 bits per heavy atom. The maximum absolute atomic E-state index is 4.58. The van der Waals surface area contributed by atoms with Gasteiger partial charge in [-0.1, -0.05) is 6.92 Å². The Morgan fingerprint density at radius 1 is 1.58 bits per heavy atom. The number of hydrogen-bond donors (Lipinski definition) is 0. The van der Waals surface area contributed by atoms with Gasteiger partial charge < -0.3 is 0 Å². The van der Waals surface area contributed by atoms with Crippen LogP contribution in [0.1, 0.15) is 25.3 Å². The van der Waals surface area contributed by atoms with Crippen LogP contribution in [0.5, 0.6) is 0 Å². The van der Waals surface area contributed by atoms with Gasteiger partial charge in [-0.2, -0.15) is 11.3 Å². The van der Waals surface area contributed by atoms with Crippen LogP contribution in [0.3, 0.4) is 0 Å². The summed E-state index contributed by atoms with van der Waals surface area (Å²) in [7, 11) is 0. The van der Waals surface area contributed by atoms with E-state index in [1.807, 2.05) is 0 Å². The van der Waals surface area contributed by atoms with Crippen molar-refractivity contribution < 1.29 is 0 Å². The second kappa shape index (κ2) is 3.40. The standard InChI is InChI=1S/C10H13NS/c1-8-2-3-10(11-6-8)9-4-5-12-7-9/h4-5,7-8H,2-3,6H2,1H3. The van der Waals surface area contributed by atoms with Crippen LogP contribution in [0.15, 0.2) is 21.8 Å². The minimum absolute atomic E-state index is 0.785. The predicted molar refractivity (Wildman–Crippen MR) is 54.1 cm³/mol. The summed E-state index contributed by atoms with van der Waals surface area (Å²) in [4.78, 5) is 4.58. The zero-order chi connectivity index (χ0) is 8.39. The SMILES string of the molecule is CC1CCC(c2ccsc2)=NC1. The molecule has 0 fully saturated rings. The van der Waals surface area contributed by atoms with Crippen LogP contribution in [0, 0.1) is 5.92 Å². The fourth-order valence-electron chi connectivity index (χ4n) is 1.48. The average molecular weight is 179 g/mol. The van der Waals surface area contributed by atoms with E-state index in [4.69, 9.17) is 0 Å². The molecule has 0 aliphatic carbocycles. The van der Waals surface area contributed by atoms with Crippen molar-refractivity contribution in [2.45, 2.75) is 19.8 Å². The maximum Gasteiger partial charge on any atom is 0.0429 e. The Bertz CT molecular complexity index is 274. The Labute approximate surface area is 77.2 Å². The molecule has 2 heterocycles. The summed E-state index contributed by atoms with van der Waals surface area (Å²) < 4.78 is 0. The van der Waals surface area contributed by atoms with Crippen molar-refractivity contribution >= 4 is 17.0 Å². The van der Waals surface area contributed by atoms with Crippen molar-refractivity contribution in [1.29, 1.82) is 0 Å². The molecule has 2 rings (SSSR count). The lowest BCUT2D eigenvalue weighted by molar-refractivity contribution is 0.538. The van der Waals surface area contributed by atoms with Gasteiger partial charge in [-0.25, -0.2) is 0 Å². The van der Waals surface area contributed by atoms with Gasteiger partial charge in [-0.05, 0) is 35.6 Å². The molecule has 0 spiro atoms. The molecule has 1 atom stereocenters. The highest BCUT2D eigenvalue weighted by molar-refractivity contribution is 7.08. The molecule has 1 aromatic heterocycles. The van der Waals surface area contributed by atoms with Crippen molar-refractivity contribution in [3.63, 3.8) is 0 Å². The summed E-state index contributed by atoms with van der Waals surface area (Å²) >= 11 is 1.75. The zero-order valence-corrected chi connectivity index (χ0v) is 8.10. The van der Waals surface area contributed by atoms with Crippen LogP contribution in [-0.4, -0.2) is 12.3 Å². The van der Waals surface area contributed by atoms with Crippen LogP contribution in [0.4, 0.5) is 0 Å². The van der Waals surface area contributed by atoms with E-state index in [0.717, 1.165) is 18.9 Å². The summed E-state index contributed by atoms with van der Waals surface area (Å²) in [6, 6.07) is 2.17. The minimum Gasteiger partial charge on any atom is -0.289 e. The second-order valence-electron chi connectivity index (χ2n) is 3.44. The normalized spacial score (nSPS) is 23.8. The first-order valence-electron chi connectivity index (χ1n) is 4.42. The molecule has 1 nitrogen and oxygen atoms in total. The van der Waals surface area contributed by atoms with Crippen molar-refractivity contribution in [1.82, 2.24) is 0 Å². The number of hydrogen-bond acceptors (Lipinski definition) is 2. The van der Waals surface area contributed by atoms with Gasteiger partial charge in [0.1, 0.15) is 0 Å². The molecule has 0 aromatic carbocycles. The first-order chi connectivity index (χ1) is 5.86. The number of rotatable bonds is 1. The van der Waals surface area contributed by atoms with Gasteiger partial charge in [0, 0.05) is 17.8 Å². The molecule has 1 unspecified atom stereocenters. The van der Waals surface area contributed by atoms with Gasteiger partial charge in [0.2, 0.25) is 0 Å². The predicted octanol–water partition coefficient (Wildman–Crippen LogP) is 2.97. The van der Waals surface area contributed by atoms with Gasteiger partial charge in [0.15, 0.2) is 0 Å². The maximum atomic E-state index is 4.58. The number of aliphatic imine (C=N–C) groups is 1. The number of thiophene rings is 1. The van der Waals surface area contributed by atoms with E-state index in [2.05, 4.69) is 28.7 Å². The highest BCUT2D eigenvalue weighted by Gasteiger charge is 2.12. The third-order valence-corrected chi connectivity index (χ3v) is 3.01. The lowest BCUT2D eigenvalue weighted by Gasteiger charge is -2.16. The van der Waals surface area contributed by atoms with Gasteiger partial charge >= 0.3 is 0 Å². The smallest absolute Gasteiger partial charge is 0.0429 e. The molecule has 1 aliphatic rings. The van der Waals surface area contributed by atoms with Gasteiger partial charge in [0.05, 0.1) is 0 Å². The lowest BCUT2D eigenvalue weighted by Crippen LogP contribution is -2.13. The fraction of sp³-hybridized carbons (Fsp3) is 0.500. The second-order valence-corrected chi connectivity index (χ2v) is 4.22. The van der Waals surface area contributed by atoms with E-state index in [9.17, 15) is 0 Å². The van der Waals surface area contributed by atoms with Crippen molar-refractivity contribution in [2.75, 3.05) is 6.54 Å². The summed E-state index contributed by atoms with van der Waals surface area (Å²) in [5.41, 5.74) is 2.65. The molecule has 1 aliphatic heterocycles.